The SMILES string of the molecule is CCOC(=O)c1ccc(NC(=O)COC(=O)C2(c3ccccc3)CC2)cc1. The highest BCUT2D eigenvalue weighted by Gasteiger charge is 2.52. The first-order valence-corrected chi connectivity index (χ1v) is 8.85. The lowest BCUT2D eigenvalue weighted by Crippen LogP contribution is -2.28. The Hall–Kier alpha value is -3.15. The summed E-state index contributed by atoms with van der Waals surface area (Å²) in [6.07, 6.45) is 1.46. The number of carbonyl (C=O) groups excluding carboxylic acids is 3. The Morgan fingerprint density at radius 2 is 1.63 bits per heavy atom. The van der Waals surface area contributed by atoms with E-state index in [1.807, 2.05) is 30.3 Å². The highest BCUT2D eigenvalue weighted by molar-refractivity contribution is 5.95. The van der Waals surface area contributed by atoms with Gasteiger partial charge in [-0.05, 0) is 49.6 Å². The zero-order valence-electron chi connectivity index (χ0n) is 15.1. The summed E-state index contributed by atoms with van der Waals surface area (Å²) in [4.78, 5) is 36.1. The molecule has 1 fully saturated rings. The van der Waals surface area contributed by atoms with Gasteiger partial charge in [-0.25, -0.2) is 4.79 Å². The zero-order chi connectivity index (χ0) is 19.3. The van der Waals surface area contributed by atoms with Gasteiger partial charge in [-0.15, -0.1) is 0 Å². The van der Waals surface area contributed by atoms with Crippen molar-refractivity contribution in [1.82, 2.24) is 0 Å². The van der Waals surface area contributed by atoms with Crippen molar-refractivity contribution in [1.29, 1.82) is 0 Å². The summed E-state index contributed by atoms with van der Waals surface area (Å²) < 4.78 is 10.1. The molecule has 0 atom stereocenters. The summed E-state index contributed by atoms with van der Waals surface area (Å²) >= 11 is 0. The molecule has 2 aromatic carbocycles. The van der Waals surface area contributed by atoms with E-state index in [-0.39, 0.29) is 12.6 Å². The highest BCUT2D eigenvalue weighted by Crippen LogP contribution is 2.49. The minimum atomic E-state index is -0.608. The molecule has 2 aromatic rings. The maximum atomic E-state index is 12.4. The van der Waals surface area contributed by atoms with E-state index in [1.165, 1.54) is 0 Å². The maximum Gasteiger partial charge on any atom is 0.338 e. The number of rotatable bonds is 7. The lowest BCUT2D eigenvalue weighted by Gasteiger charge is -2.14. The van der Waals surface area contributed by atoms with E-state index < -0.39 is 17.3 Å². The molecule has 0 heterocycles. The Morgan fingerprint density at radius 1 is 0.963 bits per heavy atom. The Balaban J connectivity index is 1.51. The van der Waals surface area contributed by atoms with Gasteiger partial charge in [0.2, 0.25) is 0 Å². The summed E-state index contributed by atoms with van der Waals surface area (Å²) in [5, 5.41) is 2.64. The van der Waals surface area contributed by atoms with Crippen LogP contribution >= 0.6 is 0 Å². The summed E-state index contributed by atoms with van der Waals surface area (Å²) in [5.41, 5.74) is 1.22. The van der Waals surface area contributed by atoms with Crippen LogP contribution in [-0.4, -0.2) is 31.1 Å². The minimum absolute atomic E-state index is 0.299. The van der Waals surface area contributed by atoms with Gasteiger partial charge in [0.05, 0.1) is 17.6 Å². The second-order valence-corrected chi connectivity index (χ2v) is 6.37. The van der Waals surface area contributed by atoms with Crippen molar-refractivity contribution in [2.45, 2.75) is 25.2 Å². The van der Waals surface area contributed by atoms with Crippen LogP contribution in [0.25, 0.3) is 0 Å². The van der Waals surface area contributed by atoms with Gasteiger partial charge >= 0.3 is 11.9 Å². The van der Waals surface area contributed by atoms with Crippen LogP contribution in [0.15, 0.2) is 54.6 Å². The molecule has 1 aliphatic carbocycles. The van der Waals surface area contributed by atoms with Crippen LogP contribution in [0.5, 0.6) is 0 Å². The molecular formula is C21H21NO5. The molecule has 1 aliphatic rings. The first kappa shape index (κ1) is 18.6. The Labute approximate surface area is 157 Å². The number of anilines is 1. The molecule has 27 heavy (non-hydrogen) atoms. The minimum Gasteiger partial charge on any atom is -0.462 e. The molecule has 0 saturated heterocycles. The number of hydrogen-bond donors (Lipinski definition) is 1. The molecular weight excluding hydrogens is 346 g/mol. The van der Waals surface area contributed by atoms with E-state index in [9.17, 15) is 14.4 Å². The van der Waals surface area contributed by atoms with E-state index in [0.29, 0.717) is 17.9 Å². The number of ether oxygens (including phenoxy) is 2. The fourth-order valence-electron chi connectivity index (χ4n) is 2.86. The molecule has 140 valence electrons. The van der Waals surface area contributed by atoms with E-state index in [1.54, 1.807) is 31.2 Å². The van der Waals surface area contributed by atoms with Crippen LogP contribution in [0.1, 0.15) is 35.7 Å². The van der Waals surface area contributed by atoms with Gasteiger partial charge in [0.1, 0.15) is 0 Å². The van der Waals surface area contributed by atoms with E-state index >= 15 is 0 Å². The molecule has 0 spiro atoms. The second kappa shape index (κ2) is 8.03. The van der Waals surface area contributed by atoms with Crippen LogP contribution in [0.2, 0.25) is 0 Å². The third kappa shape index (κ3) is 4.34. The average Bonchev–Trinajstić information content (AvgIpc) is 3.50. The van der Waals surface area contributed by atoms with Crippen LogP contribution in [-0.2, 0) is 24.5 Å². The zero-order valence-corrected chi connectivity index (χ0v) is 15.1. The molecule has 0 aromatic heterocycles. The van der Waals surface area contributed by atoms with E-state index in [2.05, 4.69) is 5.32 Å². The van der Waals surface area contributed by atoms with Crippen molar-refractivity contribution in [3.05, 3.63) is 65.7 Å². The fourth-order valence-corrected chi connectivity index (χ4v) is 2.86. The molecule has 0 radical (unpaired) electrons. The lowest BCUT2D eigenvalue weighted by atomic mass is 9.96. The number of esters is 2. The molecule has 1 saturated carbocycles. The summed E-state index contributed by atoms with van der Waals surface area (Å²) in [7, 11) is 0. The standard InChI is InChI=1S/C21H21NO5/c1-2-26-19(24)15-8-10-17(11-9-15)22-18(23)14-27-20(25)21(12-13-21)16-6-4-3-5-7-16/h3-11H,2,12-14H2,1H3,(H,22,23). The largest absolute Gasteiger partial charge is 0.462 e. The Kier molecular flexibility index (Phi) is 5.54. The van der Waals surface area contributed by atoms with Crippen molar-refractivity contribution in [3.63, 3.8) is 0 Å². The van der Waals surface area contributed by atoms with Gasteiger partial charge in [0.25, 0.3) is 5.91 Å². The molecule has 6 nitrogen and oxygen atoms in total. The molecule has 3 rings (SSSR count). The fraction of sp³-hybridized carbons (Fsp3) is 0.286. The number of benzene rings is 2. The average molecular weight is 367 g/mol. The summed E-state index contributed by atoms with van der Waals surface area (Å²) in [6.45, 7) is 1.68. The lowest BCUT2D eigenvalue weighted by molar-refractivity contribution is -0.150. The van der Waals surface area contributed by atoms with Gasteiger partial charge in [0.15, 0.2) is 6.61 Å². The molecule has 1 N–H and O–H groups in total. The third-order valence-electron chi connectivity index (χ3n) is 4.48. The quantitative estimate of drug-likeness (QED) is 0.761. The van der Waals surface area contributed by atoms with Gasteiger partial charge in [-0.3, -0.25) is 9.59 Å². The smallest absolute Gasteiger partial charge is 0.338 e. The molecule has 0 bridgehead atoms. The van der Waals surface area contributed by atoms with Crippen LogP contribution < -0.4 is 5.32 Å². The van der Waals surface area contributed by atoms with Crippen molar-refractivity contribution >= 4 is 23.5 Å². The predicted molar refractivity (Wildman–Crippen MR) is 99.3 cm³/mol. The van der Waals surface area contributed by atoms with Crippen LogP contribution in [0.3, 0.4) is 0 Å². The van der Waals surface area contributed by atoms with Crippen LogP contribution in [0.4, 0.5) is 5.69 Å². The molecule has 0 aliphatic heterocycles. The van der Waals surface area contributed by atoms with E-state index in [0.717, 1.165) is 18.4 Å². The van der Waals surface area contributed by atoms with Crippen molar-refractivity contribution in [2.75, 3.05) is 18.5 Å². The predicted octanol–water partition coefficient (Wildman–Crippen LogP) is 3.08. The van der Waals surface area contributed by atoms with E-state index in [4.69, 9.17) is 9.47 Å². The Morgan fingerprint density at radius 3 is 2.22 bits per heavy atom. The van der Waals surface area contributed by atoms with Crippen molar-refractivity contribution in [2.24, 2.45) is 0 Å². The second-order valence-electron chi connectivity index (χ2n) is 6.37. The first-order valence-electron chi connectivity index (χ1n) is 8.85. The number of hydrogen-bond acceptors (Lipinski definition) is 5. The van der Waals surface area contributed by atoms with Crippen LogP contribution in [0, 0.1) is 0 Å². The maximum absolute atomic E-state index is 12.4. The first-order chi connectivity index (χ1) is 13.0. The molecule has 0 unspecified atom stereocenters. The third-order valence-corrected chi connectivity index (χ3v) is 4.48. The number of carbonyl (C=O) groups is 3. The Bertz CT molecular complexity index is 825. The molecule has 6 heteroatoms. The molecule has 1 amide bonds. The monoisotopic (exact) mass is 367 g/mol. The summed E-state index contributed by atoms with van der Waals surface area (Å²) in [5.74, 6) is -1.22. The van der Waals surface area contributed by atoms with Gasteiger partial charge in [-0.1, -0.05) is 30.3 Å². The number of amides is 1. The topological polar surface area (TPSA) is 81.7 Å². The van der Waals surface area contributed by atoms with Gasteiger partial charge < -0.3 is 14.8 Å². The van der Waals surface area contributed by atoms with Gasteiger partial charge in [-0.2, -0.15) is 0 Å². The van der Waals surface area contributed by atoms with Crippen molar-refractivity contribution in [3.8, 4) is 0 Å². The van der Waals surface area contributed by atoms with Gasteiger partial charge in [0, 0.05) is 5.69 Å². The van der Waals surface area contributed by atoms with Crippen molar-refractivity contribution < 1.29 is 23.9 Å². The summed E-state index contributed by atoms with van der Waals surface area (Å²) in [6, 6.07) is 15.8. The number of nitrogens with one attached hydrogen (secondary N) is 1. The highest BCUT2D eigenvalue weighted by atomic mass is 16.5. The normalized spacial score (nSPS) is 14.1.